The van der Waals surface area contributed by atoms with Crippen molar-refractivity contribution in [3.8, 4) is 17.2 Å². The van der Waals surface area contributed by atoms with Gasteiger partial charge in [-0.3, -0.25) is 9.79 Å². The molecule has 162 valence electrons. The zero-order valence-electron chi connectivity index (χ0n) is 16.8. The molecule has 1 heterocycles. The first kappa shape index (κ1) is 23.6. The monoisotopic (exact) mass is 526 g/mol. The standard InChI is InChI=1S/C21H26N4O4.HI/c1-2-22-21(24-11-10-23-20(27)16-6-3-4-7-17(16)26)25-15-8-9-18-19(14-15)29-13-5-12-28-18;/h3-4,6-9,14,26H,2,5,10-13H2,1H3,(H,23,27)(H2,22,24,25);1H. The van der Waals surface area contributed by atoms with Gasteiger partial charge in [-0.15, -0.1) is 24.0 Å². The van der Waals surface area contributed by atoms with E-state index in [-0.39, 0.29) is 41.2 Å². The van der Waals surface area contributed by atoms with E-state index in [1.54, 1.807) is 18.2 Å². The first-order chi connectivity index (χ1) is 14.2. The number of phenols is 1. The molecule has 0 aromatic heterocycles. The molecular formula is C21H27IN4O4. The maximum absolute atomic E-state index is 12.1. The Morgan fingerprint density at radius 2 is 1.87 bits per heavy atom. The number of para-hydroxylation sites is 1. The Hall–Kier alpha value is -2.69. The third-order valence-electron chi connectivity index (χ3n) is 4.17. The summed E-state index contributed by atoms with van der Waals surface area (Å²) in [5, 5.41) is 18.9. The van der Waals surface area contributed by atoms with Crippen LogP contribution in [-0.4, -0.2) is 49.8 Å². The van der Waals surface area contributed by atoms with Crippen LogP contribution < -0.4 is 25.4 Å². The first-order valence-corrected chi connectivity index (χ1v) is 9.68. The zero-order chi connectivity index (χ0) is 20.5. The van der Waals surface area contributed by atoms with Gasteiger partial charge in [0.25, 0.3) is 5.91 Å². The predicted molar refractivity (Wildman–Crippen MR) is 128 cm³/mol. The highest BCUT2D eigenvalue weighted by Gasteiger charge is 2.12. The van der Waals surface area contributed by atoms with Gasteiger partial charge < -0.3 is 30.5 Å². The number of nitrogens with zero attached hydrogens (tertiary/aromatic N) is 1. The van der Waals surface area contributed by atoms with Gasteiger partial charge in [0.15, 0.2) is 17.5 Å². The lowest BCUT2D eigenvalue weighted by Gasteiger charge is -2.14. The Balaban J connectivity index is 0.00000320. The minimum absolute atomic E-state index is 0. The molecule has 2 aromatic carbocycles. The number of amides is 1. The van der Waals surface area contributed by atoms with Crippen molar-refractivity contribution in [2.24, 2.45) is 4.99 Å². The van der Waals surface area contributed by atoms with Gasteiger partial charge >= 0.3 is 0 Å². The lowest BCUT2D eigenvalue weighted by atomic mass is 10.2. The van der Waals surface area contributed by atoms with Crippen LogP contribution in [0.4, 0.5) is 5.69 Å². The third kappa shape index (κ3) is 6.68. The van der Waals surface area contributed by atoms with Gasteiger partial charge in [-0.05, 0) is 31.2 Å². The largest absolute Gasteiger partial charge is 0.507 e. The van der Waals surface area contributed by atoms with Crippen LogP contribution in [0.2, 0.25) is 0 Å². The molecule has 30 heavy (non-hydrogen) atoms. The molecule has 8 nitrogen and oxygen atoms in total. The second kappa shape index (κ2) is 12.1. The molecule has 1 aliphatic heterocycles. The average Bonchev–Trinajstić information content (AvgIpc) is 2.96. The number of ether oxygens (including phenoxy) is 2. The Kier molecular flexibility index (Phi) is 9.52. The smallest absolute Gasteiger partial charge is 0.255 e. The van der Waals surface area contributed by atoms with Gasteiger partial charge in [0.05, 0.1) is 25.3 Å². The average molecular weight is 526 g/mol. The lowest BCUT2D eigenvalue weighted by molar-refractivity contribution is 0.0952. The van der Waals surface area contributed by atoms with E-state index < -0.39 is 0 Å². The molecule has 3 rings (SSSR count). The second-order valence-electron chi connectivity index (χ2n) is 6.37. The second-order valence-corrected chi connectivity index (χ2v) is 6.37. The summed E-state index contributed by atoms with van der Waals surface area (Å²) < 4.78 is 11.4. The number of nitrogens with one attached hydrogen (secondary N) is 3. The topological polar surface area (TPSA) is 104 Å². The molecule has 0 saturated heterocycles. The molecule has 1 amide bonds. The van der Waals surface area contributed by atoms with Gasteiger partial charge in [-0.25, -0.2) is 0 Å². The summed E-state index contributed by atoms with van der Waals surface area (Å²) in [6, 6.07) is 12.1. The SMILES string of the molecule is CCNC(=NCCNC(=O)c1ccccc1O)Nc1ccc2c(c1)OCCCO2.I. The highest BCUT2D eigenvalue weighted by molar-refractivity contribution is 14.0. The molecule has 1 aliphatic rings. The molecule has 0 radical (unpaired) electrons. The number of halogens is 1. The van der Waals surface area contributed by atoms with Crippen LogP contribution in [0.1, 0.15) is 23.7 Å². The van der Waals surface area contributed by atoms with Crippen molar-refractivity contribution >= 4 is 41.5 Å². The Morgan fingerprint density at radius 3 is 2.63 bits per heavy atom. The number of rotatable bonds is 6. The minimum Gasteiger partial charge on any atom is -0.507 e. The quantitative estimate of drug-likeness (QED) is 0.200. The highest BCUT2D eigenvalue weighted by Crippen LogP contribution is 2.32. The zero-order valence-corrected chi connectivity index (χ0v) is 19.1. The van der Waals surface area contributed by atoms with Crippen LogP contribution in [0.15, 0.2) is 47.5 Å². The number of hydrogen-bond acceptors (Lipinski definition) is 5. The Bertz CT molecular complexity index is 876. The summed E-state index contributed by atoms with van der Waals surface area (Å²) in [5.74, 6) is 1.66. The van der Waals surface area contributed by atoms with E-state index >= 15 is 0 Å². The number of phenolic OH excluding ortho intramolecular Hbond substituents is 1. The molecule has 9 heteroatoms. The maximum Gasteiger partial charge on any atom is 0.255 e. The first-order valence-electron chi connectivity index (χ1n) is 9.68. The van der Waals surface area contributed by atoms with Crippen LogP contribution in [0.25, 0.3) is 0 Å². The van der Waals surface area contributed by atoms with Gasteiger partial charge in [-0.2, -0.15) is 0 Å². The van der Waals surface area contributed by atoms with Crippen molar-refractivity contribution in [3.05, 3.63) is 48.0 Å². The molecule has 0 bridgehead atoms. The van der Waals surface area contributed by atoms with E-state index in [4.69, 9.17) is 9.47 Å². The summed E-state index contributed by atoms with van der Waals surface area (Å²) in [7, 11) is 0. The van der Waals surface area contributed by atoms with E-state index in [0.717, 1.165) is 17.9 Å². The Morgan fingerprint density at radius 1 is 1.10 bits per heavy atom. The van der Waals surface area contributed by atoms with E-state index in [0.29, 0.717) is 44.6 Å². The van der Waals surface area contributed by atoms with Crippen molar-refractivity contribution in [1.82, 2.24) is 10.6 Å². The minimum atomic E-state index is -0.334. The van der Waals surface area contributed by atoms with Gasteiger partial charge in [0.1, 0.15) is 5.75 Å². The molecule has 0 atom stereocenters. The van der Waals surface area contributed by atoms with Crippen LogP contribution in [-0.2, 0) is 0 Å². The van der Waals surface area contributed by atoms with Gasteiger partial charge in [0.2, 0.25) is 0 Å². The molecular weight excluding hydrogens is 499 g/mol. The van der Waals surface area contributed by atoms with E-state index in [1.165, 1.54) is 6.07 Å². The molecule has 4 N–H and O–H groups in total. The molecule has 2 aromatic rings. The van der Waals surface area contributed by atoms with Crippen LogP contribution in [0.5, 0.6) is 17.2 Å². The number of carbonyl (C=O) groups excluding carboxylic acids is 1. The lowest BCUT2D eigenvalue weighted by Crippen LogP contribution is -2.32. The van der Waals surface area contributed by atoms with Crippen LogP contribution >= 0.6 is 24.0 Å². The number of anilines is 1. The number of aromatic hydroxyl groups is 1. The van der Waals surface area contributed by atoms with Crippen LogP contribution in [0, 0.1) is 0 Å². The fourth-order valence-electron chi connectivity index (χ4n) is 2.78. The predicted octanol–water partition coefficient (Wildman–Crippen LogP) is 2.98. The fourth-order valence-corrected chi connectivity index (χ4v) is 2.78. The number of fused-ring (bicyclic) bond motifs is 1. The molecule has 0 fully saturated rings. The van der Waals surface area contributed by atoms with Gasteiger partial charge in [-0.1, -0.05) is 12.1 Å². The number of carbonyl (C=O) groups is 1. The fraction of sp³-hybridized carbons (Fsp3) is 0.333. The summed E-state index contributed by atoms with van der Waals surface area (Å²) in [5.41, 5.74) is 1.07. The van der Waals surface area contributed by atoms with Gasteiger partial charge in [0, 0.05) is 31.3 Å². The van der Waals surface area contributed by atoms with Crippen molar-refractivity contribution in [3.63, 3.8) is 0 Å². The van der Waals surface area contributed by atoms with E-state index in [9.17, 15) is 9.90 Å². The van der Waals surface area contributed by atoms with E-state index in [1.807, 2.05) is 25.1 Å². The third-order valence-corrected chi connectivity index (χ3v) is 4.17. The summed E-state index contributed by atoms with van der Waals surface area (Å²) in [4.78, 5) is 16.6. The maximum atomic E-state index is 12.1. The van der Waals surface area contributed by atoms with E-state index in [2.05, 4.69) is 20.9 Å². The number of hydrogen-bond donors (Lipinski definition) is 4. The number of guanidine groups is 1. The van der Waals surface area contributed by atoms with Crippen molar-refractivity contribution < 1.29 is 19.4 Å². The summed E-state index contributed by atoms with van der Waals surface area (Å²) in [6.45, 7) is 4.66. The summed E-state index contributed by atoms with van der Waals surface area (Å²) >= 11 is 0. The molecule has 0 aliphatic carbocycles. The highest BCUT2D eigenvalue weighted by atomic mass is 127. The normalized spacial score (nSPS) is 12.9. The summed E-state index contributed by atoms with van der Waals surface area (Å²) in [6.07, 6.45) is 0.855. The van der Waals surface area contributed by atoms with Crippen molar-refractivity contribution in [2.45, 2.75) is 13.3 Å². The van der Waals surface area contributed by atoms with Crippen molar-refractivity contribution in [2.75, 3.05) is 38.2 Å². The Labute approximate surface area is 193 Å². The van der Waals surface area contributed by atoms with Crippen LogP contribution in [0.3, 0.4) is 0 Å². The molecule has 0 unspecified atom stereocenters. The molecule has 0 saturated carbocycles. The number of aliphatic imine (C=N–C) groups is 1. The molecule has 0 spiro atoms. The number of benzene rings is 2. The van der Waals surface area contributed by atoms with Crippen molar-refractivity contribution in [1.29, 1.82) is 0 Å².